The summed E-state index contributed by atoms with van der Waals surface area (Å²) in [5.74, 6) is 0.431. The quantitative estimate of drug-likeness (QED) is 0.571. The number of hydrogen-bond acceptors (Lipinski definition) is 4. The number of imidazole rings is 1. The van der Waals surface area contributed by atoms with Crippen molar-refractivity contribution in [3.63, 3.8) is 0 Å². The topological polar surface area (TPSA) is 64.2 Å². The number of benzene rings is 1. The summed E-state index contributed by atoms with van der Waals surface area (Å²) in [6.07, 6.45) is 0.675. The highest BCUT2D eigenvalue weighted by Gasteiger charge is 2.36. The third kappa shape index (κ3) is 3.89. The molecule has 0 fully saturated rings. The van der Waals surface area contributed by atoms with Gasteiger partial charge in [0.05, 0.1) is 18.2 Å². The minimum Gasteiger partial charge on any atom is -0.465 e. The van der Waals surface area contributed by atoms with Gasteiger partial charge in [0, 0.05) is 17.5 Å². The van der Waals surface area contributed by atoms with E-state index in [2.05, 4.69) is 59.8 Å². The van der Waals surface area contributed by atoms with Crippen LogP contribution in [-0.2, 0) is 15.6 Å². The molecule has 5 nitrogen and oxygen atoms in total. The van der Waals surface area contributed by atoms with Gasteiger partial charge in [0.15, 0.2) is 8.32 Å². The summed E-state index contributed by atoms with van der Waals surface area (Å²) in [6.45, 7) is 11.7. The lowest BCUT2D eigenvalue weighted by Crippen LogP contribution is -2.41. The molecular formula is C17H25BrN2O3Si. The monoisotopic (exact) mass is 412 g/mol. The number of ether oxygens (including phenoxy) is 1. The molecule has 0 spiro atoms. The molecule has 0 aliphatic heterocycles. The van der Waals surface area contributed by atoms with Crippen LogP contribution in [0.5, 0.6) is 0 Å². The fourth-order valence-electron chi connectivity index (χ4n) is 2.13. The normalized spacial score (nSPS) is 12.6. The van der Waals surface area contributed by atoms with Gasteiger partial charge in [-0.15, -0.1) is 0 Å². The molecule has 7 heteroatoms. The van der Waals surface area contributed by atoms with Crippen molar-refractivity contribution in [3.8, 4) is 0 Å². The summed E-state index contributed by atoms with van der Waals surface area (Å²) < 4.78 is 11.9. The highest BCUT2D eigenvalue weighted by Crippen LogP contribution is 2.36. The van der Waals surface area contributed by atoms with Crippen molar-refractivity contribution in [2.24, 2.45) is 0 Å². The number of carbonyl (C=O) groups excluding carboxylic acids is 1. The molecule has 24 heavy (non-hydrogen) atoms. The second-order valence-electron chi connectivity index (χ2n) is 7.35. The Morgan fingerprint density at radius 1 is 1.33 bits per heavy atom. The number of nitrogens with one attached hydrogen (secondary N) is 1. The van der Waals surface area contributed by atoms with Crippen molar-refractivity contribution in [2.75, 3.05) is 13.7 Å². The van der Waals surface area contributed by atoms with Crippen LogP contribution in [0, 0.1) is 0 Å². The summed E-state index contributed by atoms with van der Waals surface area (Å²) in [5, 5.41) is 0.182. The molecule has 0 aliphatic carbocycles. The van der Waals surface area contributed by atoms with Gasteiger partial charge < -0.3 is 14.1 Å². The molecule has 1 aromatic carbocycles. The maximum Gasteiger partial charge on any atom is 0.340 e. The molecule has 0 bridgehead atoms. The zero-order valence-electron chi connectivity index (χ0n) is 15.1. The Kier molecular flexibility index (Phi) is 5.56. The van der Waals surface area contributed by atoms with Gasteiger partial charge in [0.2, 0.25) is 0 Å². The minimum atomic E-state index is -1.77. The van der Waals surface area contributed by atoms with Crippen molar-refractivity contribution in [1.29, 1.82) is 0 Å². The molecule has 132 valence electrons. The average Bonchev–Trinajstić information content (AvgIpc) is 2.90. The third-order valence-corrected chi connectivity index (χ3v) is 9.84. The number of H-pyrrole nitrogens is 1. The highest BCUT2D eigenvalue weighted by molar-refractivity contribution is 9.10. The Balaban J connectivity index is 2.20. The molecule has 1 heterocycles. The van der Waals surface area contributed by atoms with Crippen molar-refractivity contribution in [3.05, 3.63) is 28.0 Å². The van der Waals surface area contributed by atoms with Gasteiger partial charge in [-0.2, -0.15) is 0 Å². The standard InChI is InChI=1S/C17H25BrN2O3Si/c1-17(2,3)24(5,6)23-10-9-13-19-14-11(16(21)22-4)7-8-12(18)15(14)20-13/h7-8H,9-10H2,1-6H3,(H,19,20). The first-order valence-electron chi connectivity index (χ1n) is 7.96. The van der Waals surface area contributed by atoms with Gasteiger partial charge in [0.25, 0.3) is 0 Å². The Labute approximate surface area is 152 Å². The first-order chi connectivity index (χ1) is 11.1. The largest absolute Gasteiger partial charge is 0.465 e. The van der Waals surface area contributed by atoms with Crippen LogP contribution in [0.1, 0.15) is 37.0 Å². The van der Waals surface area contributed by atoms with Gasteiger partial charge in [0.1, 0.15) is 11.3 Å². The van der Waals surface area contributed by atoms with E-state index in [9.17, 15) is 4.79 Å². The van der Waals surface area contributed by atoms with E-state index < -0.39 is 8.32 Å². The number of halogens is 1. The zero-order valence-corrected chi connectivity index (χ0v) is 17.7. The molecular weight excluding hydrogens is 388 g/mol. The summed E-state index contributed by atoms with van der Waals surface area (Å²) in [6, 6.07) is 3.54. The number of hydrogen-bond donors (Lipinski definition) is 1. The van der Waals surface area contributed by atoms with E-state index in [1.165, 1.54) is 7.11 Å². The zero-order chi connectivity index (χ0) is 18.1. The second-order valence-corrected chi connectivity index (χ2v) is 13.0. The average molecular weight is 413 g/mol. The number of aromatic nitrogens is 2. The van der Waals surface area contributed by atoms with E-state index in [-0.39, 0.29) is 11.0 Å². The molecule has 0 saturated carbocycles. The second kappa shape index (κ2) is 6.97. The highest BCUT2D eigenvalue weighted by atomic mass is 79.9. The van der Waals surface area contributed by atoms with E-state index in [4.69, 9.17) is 9.16 Å². The van der Waals surface area contributed by atoms with Crippen molar-refractivity contribution in [1.82, 2.24) is 9.97 Å². The number of aromatic amines is 1. The van der Waals surface area contributed by atoms with Crippen LogP contribution in [0.3, 0.4) is 0 Å². The van der Waals surface area contributed by atoms with E-state index in [0.717, 1.165) is 15.8 Å². The van der Waals surface area contributed by atoms with Gasteiger partial charge in [-0.05, 0) is 46.2 Å². The van der Waals surface area contributed by atoms with Crippen LogP contribution >= 0.6 is 15.9 Å². The van der Waals surface area contributed by atoms with Crippen molar-refractivity contribution in [2.45, 2.75) is 45.3 Å². The molecule has 1 aromatic heterocycles. The first-order valence-corrected chi connectivity index (χ1v) is 11.7. The first kappa shape index (κ1) is 19.1. The lowest BCUT2D eigenvalue weighted by atomic mass is 10.2. The Morgan fingerprint density at radius 2 is 2.00 bits per heavy atom. The number of rotatable bonds is 5. The predicted molar refractivity (Wildman–Crippen MR) is 102 cm³/mol. The van der Waals surface area contributed by atoms with Crippen LogP contribution in [0.4, 0.5) is 0 Å². The third-order valence-electron chi connectivity index (χ3n) is 4.66. The van der Waals surface area contributed by atoms with Crippen LogP contribution in [0.15, 0.2) is 16.6 Å². The molecule has 1 N–H and O–H groups in total. The van der Waals surface area contributed by atoms with E-state index in [0.29, 0.717) is 24.1 Å². The summed E-state index contributed by atoms with van der Waals surface area (Å²) >= 11 is 3.48. The molecule has 0 unspecified atom stereocenters. The Hall–Kier alpha value is -1.18. The number of fused-ring (bicyclic) bond motifs is 1. The summed E-state index contributed by atoms with van der Waals surface area (Å²) in [4.78, 5) is 19.7. The van der Waals surface area contributed by atoms with Gasteiger partial charge in [-0.25, -0.2) is 9.78 Å². The maximum absolute atomic E-state index is 11.9. The summed E-state index contributed by atoms with van der Waals surface area (Å²) in [5.41, 5.74) is 1.92. The fourth-order valence-corrected chi connectivity index (χ4v) is 3.59. The van der Waals surface area contributed by atoms with E-state index in [1.807, 2.05) is 6.07 Å². The van der Waals surface area contributed by atoms with Crippen LogP contribution in [0.25, 0.3) is 11.0 Å². The van der Waals surface area contributed by atoms with Crippen molar-refractivity contribution >= 4 is 41.3 Å². The smallest absolute Gasteiger partial charge is 0.340 e. The van der Waals surface area contributed by atoms with Crippen LogP contribution in [-0.4, -0.2) is 38.0 Å². The van der Waals surface area contributed by atoms with Crippen LogP contribution in [0.2, 0.25) is 18.1 Å². The van der Waals surface area contributed by atoms with E-state index in [1.54, 1.807) is 6.07 Å². The molecule has 0 radical (unpaired) electrons. The molecule has 0 aliphatic rings. The Morgan fingerprint density at radius 3 is 2.58 bits per heavy atom. The number of nitrogens with zero attached hydrogens (tertiary/aromatic N) is 1. The lowest BCUT2D eigenvalue weighted by Gasteiger charge is -2.36. The lowest BCUT2D eigenvalue weighted by molar-refractivity contribution is 0.0603. The molecule has 2 aromatic rings. The number of methoxy groups -OCH3 is 1. The Bertz CT molecular complexity index is 750. The number of esters is 1. The van der Waals surface area contributed by atoms with Gasteiger partial charge in [-0.1, -0.05) is 20.8 Å². The van der Waals surface area contributed by atoms with Crippen LogP contribution < -0.4 is 0 Å². The molecule has 2 rings (SSSR count). The van der Waals surface area contributed by atoms with Crippen molar-refractivity contribution < 1.29 is 14.0 Å². The fraction of sp³-hybridized carbons (Fsp3) is 0.529. The number of carbonyl (C=O) groups is 1. The van der Waals surface area contributed by atoms with Gasteiger partial charge >= 0.3 is 5.97 Å². The minimum absolute atomic E-state index is 0.182. The van der Waals surface area contributed by atoms with Gasteiger partial charge in [-0.3, -0.25) is 0 Å². The molecule has 0 amide bonds. The molecule has 0 saturated heterocycles. The predicted octanol–water partition coefficient (Wildman–Crippen LogP) is 4.68. The SMILES string of the molecule is COC(=O)c1ccc(Br)c2nc(CCO[Si](C)(C)C(C)(C)C)[nH]c12. The maximum atomic E-state index is 11.9. The molecule has 0 atom stereocenters. The van der Waals surface area contributed by atoms with E-state index >= 15 is 0 Å². The summed E-state index contributed by atoms with van der Waals surface area (Å²) in [7, 11) is -0.393.